The number of nitrogens with one attached hydrogen (secondary N) is 2. The van der Waals surface area contributed by atoms with Gasteiger partial charge in [0, 0.05) is 10.7 Å². The molecule has 0 heterocycles. The third-order valence-electron chi connectivity index (χ3n) is 3.64. The first-order valence-electron chi connectivity index (χ1n) is 8.17. The van der Waals surface area contributed by atoms with Crippen LogP contribution in [0.1, 0.15) is 0 Å². The van der Waals surface area contributed by atoms with Crippen molar-refractivity contribution in [1.82, 2.24) is 4.90 Å². The molecule has 2 aromatic rings. The molecule has 0 unspecified atom stereocenters. The maximum Gasteiger partial charge on any atom is 0.238 e. The minimum Gasteiger partial charge on any atom is -0.497 e. The van der Waals surface area contributed by atoms with Crippen molar-refractivity contribution in [2.24, 2.45) is 0 Å². The van der Waals surface area contributed by atoms with Crippen LogP contribution < -0.4 is 20.1 Å². The van der Waals surface area contributed by atoms with E-state index in [1.807, 2.05) is 0 Å². The van der Waals surface area contributed by atoms with E-state index in [9.17, 15) is 9.59 Å². The zero-order valence-corrected chi connectivity index (χ0v) is 16.2. The summed E-state index contributed by atoms with van der Waals surface area (Å²) in [6.07, 6.45) is 0. The van der Waals surface area contributed by atoms with E-state index < -0.39 is 0 Å². The van der Waals surface area contributed by atoms with Crippen LogP contribution in [0.5, 0.6) is 11.5 Å². The van der Waals surface area contributed by atoms with Crippen LogP contribution in [-0.4, -0.2) is 51.1 Å². The van der Waals surface area contributed by atoms with Crippen LogP contribution in [0.2, 0.25) is 5.02 Å². The number of hydrogen-bond donors (Lipinski definition) is 2. The number of anilines is 2. The summed E-state index contributed by atoms with van der Waals surface area (Å²) < 4.78 is 10.3. The maximum atomic E-state index is 12.2. The summed E-state index contributed by atoms with van der Waals surface area (Å²) in [5, 5.41) is 5.99. The Kier molecular flexibility index (Phi) is 7.45. The molecule has 144 valence electrons. The lowest BCUT2D eigenvalue weighted by Gasteiger charge is -2.17. The lowest BCUT2D eigenvalue weighted by molar-refractivity contribution is -0.119. The monoisotopic (exact) mass is 391 g/mol. The molecule has 2 N–H and O–H groups in total. The average Bonchev–Trinajstić information content (AvgIpc) is 2.62. The molecule has 2 aromatic carbocycles. The van der Waals surface area contributed by atoms with Crippen molar-refractivity contribution in [3.8, 4) is 11.5 Å². The van der Waals surface area contributed by atoms with Gasteiger partial charge in [-0.3, -0.25) is 14.5 Å². The van der Waals surface area contributed by atoms with Gasteiger partial charge in [-0.05, 0) is 49.5 Å². The van der Waals surface area contributed by atoms with Gasteiger partial charge in [0.25, 0.3) is 0 Å². The Morgan fingerprint density at radius 1 is 0.963 bits per heavy atom. The Hall–Kier alpha value is -2.77. The van der Waals surface area contributed by atoms with Gasteiger partial charge < -0.3 is 20.1 Å². The number of rotatable bonds is 8. The van der Waals surface area contributed by atoms with Crippen molar-refractivity contribution < 1.29 is 19.1 Å². The normalized spacial score (nSPS) is 10.4. The number of methoxy groups -OCH3 is 2. The van der Waals surface area contributed by atoms with Gasteiger partial charge in [0.1, 0.15) is 11.5 Å². The third-order valence-corrected chi connectivity index (χ3v) is 3.87. The van der Waals surface area contributed by atoms with Crippen molar-refractivity contribution in [3.63, 3.8) is 0 Å². The van der Waals surface area contributed by atoms with Crippen LogP contribution >= 0.6 is 11.6 Å². The molecule has 0 aliphatic rings. The average molecular weight is 392 g/mol. The molecule has 2 rings (SSSR count). The molecule has 0 atom stereocenters. The van der Waals surface area contributed by atoms with E-state index in [1.54, 1.807) is 61.5 Å². The van der Waals surface area contributed by atoms with E-state index in [4.69, 9.17) is 21.1 Å². The largest absolute Gasteiger partial charge is 0.497 e. The highest BCUT2D eigenvalue weighted by Crippen LogP contribution is 2.27. The van der Waals surface area contributed by atoms with Gasteiger partial charge in [-0.25, -0.2) is 0 Å². The maximum absolute atomic E-state index is 12.2. The minimum absolute atomic E-state index is 0.0334. The van der Waals surface area contributed by atoms with E-state index in [0.29, 0.717) is 27.9 Å². The van der Waals surface area contributed by atoms with Gasteiger partial charge in [0.05, 0.1) is 33.0 Å². The molecule has 0 radical (unpaired) electrons. The summed E-state index contributed by atoms with van der Waals surface area (Å²) in [6.45, 7) is 0.0951. The first kappa shape index (κ1) is 20.5. The van der Waals surface area contributed by atoms with Crippen LogP contribution in [0.15, 0.2) is 42.5 Å². The Bertz CT molecular complexity index is 796. The van der Waals surface area contributed by atoms with Gasteiger partial charge in [-0.1, -0.05) is 11.6 Å². The number of nitrogens with zero attached hydrogens (tertiary/aromatic N) is 1. The fourth-order valence-electron chi connectivity index (χ4n) is 2.39. The van der Waals surface area contributed by atoms with E-state index in [-0.39, 0.29) is 24.9 Å². The molecule has 0 aromatic heterocycles. The van der Waals surface area contributed by atoms with E-state index in [0.717, 1.165) is 0 Å². The molecule has 0 saturated heterocycles. The first-order valence-corrected chi connectivity index (χ1v) is 8.55. The molecule has 0 aliphatic heterocycles. The van der Waals surface area contributed by atoms with Crippen molar-refractivity contribution in [3.05, 3.63) is 47.5 Å². The number of hydrogen-bond acceptors (Lipinski definition) is 5. The second-order valence-corrected chi connectivity index (χ2v) is 6.28. The molecule has 0 saturated carbocycles. The minimum atomic E-state index is -0.282. The topological polar surface area (TPSA) is 79.9 Å². The van der Waals surface area contributed by atoms with Gasteiger partial charge in [0.15, 0.2) is 0 Å². The molecule has 0 aliphatic carbocycles. The molecule has 7 nitrogen and oxygen atoms in total. The molecule has 27 heavy (non-hydrogen) atoms. The summed E-state index contributed by atoms with van der Waals surface area (Å²) in [6, 6.07) is 11.9. The highest BCUT2D eigenvalue weighted by atomic mass is 35.5. The number of benzene rings is 2. The predicted molar refractivity (Wildman–Crippen MR) is 106 cm³/mol. The lowest BCUT2D eigenvalue weighted by Crippen LogP contribution is -2.36. The van der Waals surface area contributed by atoms with Gasteiger partial charge >= 0.3 is 0 Å². The van der Waals surface area contributed by atoms with Gasteiger partial charge in [-0.2, -0.15) is 0 Å². The fraction of sp³-hybridized carbons (Fsp3) is 0.263. The SMILES string of the molecule is COc1ccc(NC(=O)CN(C)CC(=O)Nc2cc(Cl)ccc2OC)cc1. The van der Waals surface area contributed by atoms with E-state index in [2.05, 4.69) is 10.6 Å². The van der Waals surface area contributed by atoms with Crippen molar-refractivity contribution in [2.45, 2.75) is 0 Å². The number of carbonyl (C=O) groups excluding carboxylic acids is 2. The van der Waals surface area contributed by atoms with Crippen molar-refractivity contribution >= 4 is 34.8 Å². The van der Waals surface area contributed by atoms with Crippen LogP contribution in [-0.2, 0) is 9.59 Å². The quantitative estimate of drug-likeness (QED) is 0.723. The van der Waals surface area contributed by atoms with E-state index >= 15 is 0 Å². The molecule has 8 heteroatoms. The smallest absolute Gasteiger partial charge is 0.238 e. The summed E-state index contributed by atoms with van der Waals surface area (Å²) in [5.74, 6) is 0.706. The molecular formula is C19H22ClN3O4. The summed E-state index contributed by atoms with van der Waals surface area (Å²) in [4.78, 5) is 25.9. The highest BCUT2D eigenvalue weighted by molar-refractivity contribution is 6.31. The Balaban J connectivity index is 1.85. The van der Waals surface area contributed by atoms with Crippen LogP contribution in [0.3, 0.4) is 0 Å². The predicted octanol–water partition coefficient (Wildman–Crippen LogP) is 2.87. The zero-order valence-electron chi connectivity index (χ0n) is 15.4. The number of likely N-dealkylation sites (N-methyl/N-ethyl adjacent to an activating group) is 1. The fourth-order valence-corrected chi connectivity index (χ4v) is 2.56. The molecule has 2 amide bonds. The standard InChI is InChI=1S/C19H22ClN3O4/c1-23(11-18(24)21-14-5-7-15(26-2)8-6-14)12-19(25)22-16-10-13(20)4-9-17(16)27-3/h4-10H,11-12H2,1-3H3,(H,21,24)(H,22,25). The lowest BCUT2D eigenvalue weighted by atomic mass is 10.3. The number of ether oxygens (including phenoxy) is 2. The Labute approximate surface area is 163 Å². The van der Waals surface area contributed by atoms with Crippen molar-refractivity contribution in [2.75, 3.05) is 45.0 Å². The third kappa shape index (κ3) is 6.47. The zero-order chi connectivity index (χ0) is 19.8. The number of amides is 2. The van der Waals surface area contributed by atoms with Crippen LogP contribution in [0.4, 0.5) is 11.4 Å². The summed E-state index contributed by atoms with van der Waals surface area (Å²) in [5.41, 5.74) is 1.13. The number of halogens is 1. The molecule has 0 fully saturated rings. The van der Waals surface area contributed by atoms with Crippen LogP contribution in [0.25, 0.3) is 0 Å². The first-order chi connectivity index (χ1) is 12.9. The highest BCUT2D eigenvalue weighted by Gasteiger charge is 2.13. The second-order valence-electron chi connectivity index (χ2n) is 5.84. The second kappa shape index (κ2) is 9.80. The molecular weight excluding hydrogens is 370 g/mol. The number of carbonyl (C=O) groups is 2. The van der Waals surface area contributed by atoms with Crippen LogP contribution in [0, 0.1) is 0 Å². The summed E-state index contributed by atoms with van der Waals surface area (Å²) >= 11 is 5.95. The summed E-state index contributed by atoms with van der Waals surface area (Å²) in [7, 11) is 4.77. The van der Waals surface area contributed by atoms with Crippen molar-refractivity contribution in [1.29, 1.82) is 0 Å². The Morgan fingerprint density at radius 2 is 1.59 bits per heavy atom. The molecule has 0 bridgehead atoms. The van der Waals surface area contributed by atoms with Gasteiger partial charge in [-0.15, -0.1) is 0 Å². The van der Waals surface area contributed by atoms with E-state index in [1.165, 1.54) is 7.11 Å². The van der Waals surface area contributed by atoms with Gasteiger partial charge in [0.2, 0.25) is 11.8 Å². The molecule has 0 spiro atoms. The Morgan fingerprint density at radius 3 is 2.19 bits per heavy atom.